The summed E-state index contributed by atoms with van der Waals surface area (Å²) in [5.41, 5.74) is 0.543. The molecular formula is C19H28N2O4S. The Bertz CT molecular complexity index is 737. The zero-order valence-corrected chi connectivity index (χ0v) is 16.5. The molecule has 0 unspecified atom stereocenters. The van der Waals surface area contributed by atoms with Gasteiger partial charge in [0.25, 0.3) is 5.91 Å². The molecule has 7 heteroatoms. The summed E-state index contributed by atoms with van der Waals surface area (Å²) in [6.07, 6.45) is 2.94. The van der Waals surface area contributed by atoms with E-state index in [2.05, 4.69) is 6.92 Å². The van der Waals surface area contributed by atoms with Crippen LogP contribution in [-0.4, -0.2) is 61.4 Å². The van der Waals surface area contributed by atoms with Crippen molar-refractivity contribution in [2.45, 2.75) is 63.2 Å². The molecule has 0 N–H and O–H groups in total. The average Bonchev–Trinajstić information content (AvgIpc) is 2.61. The van der Waals surface area contributed by atoms with E-state index in [4.69, 9.17) is 4.74 Å². The zero-order valence-electron chi connectivity index (χ0n) is 15.7. The second-order valence-electron chi connectivity index (χ2n) is 7.45. The number of likely N-dealkylation sites (tertiary alicyclic amines) is 1. The maximum absolute atomic E-state index is 12.9. The first kappa shape index (κ1) is 19.3. The van der Waals surface area contributed by atoms with Crippen molar-refractivity contribution in [3.63, 3.8) is 0 Å². The number of amides is 1. The summed E-state index contributed by atoms with van der Waals surface area (Å²) in [5, 5.41) is 0. The van der Waals surface area contributed by atoms with Crippen molar-refractivity contribution in [3.8, 4) is 0 Å². The molecule has 0 aromatic heterocycles. The highest BCUT2D eigenvalue weighted by Gasteiger charge is 2.32. The monoisotopic (exact) mass is 380 g/mol. The Morgan fingerprint density at radius 1 is 1.04 bits per heavy atom. The van der Waals surface area contributed by atoms with Crippen LogP contribution in [0, 0.1) is 0 Å². The molecule has 26 heavy (non-hydrogen) atoms. The minimum absolute atomic E-state index is 0.0187. The molecule has 144 valence electrons. The third-order valence-electron chi connectivity index (χ3n) is 5.19. The fraction of sp³-hybridized carbons (Fsp3) is 0.632. The van der Waals surface area contributed by atoms with E-state index in [-0.39, 0.29) is 29.1 Å². The van der Waals surface area contributed by atoms with Crippen LogP contribution in [0.5, 0.6) is 0 Å². The van der Waals surface area contributed by atoms with Crippen LogP contribution in [0.4, 0.5) is 0 Å². The highest BCUT2D eigenvalue weighted by atomic mass is 32.2. The lowest BCUT2D eigenvalue weighted by Crippen LogP contribution is -2.48. The number of hydrogen-bond acceptors (Lipinski definition) is 4. The molecule has 6 nitrogen and oxygen atoms in total. The Balaban J connectivity index is 1.77. The van der Waals surface area contributed by atoms with Crippen molar-refractivity contribution in [2.75, 3.05) is 19.6 Å². The number of rotatable bonds is 3. The van der Waals surface area contributed by atoms with Crippen molar-refractivity contribution in [1.29, 1.82) is 0 Å². The average molecular weight is 381 g/mol. The number of carbonyl (C=O) groups is 1. The quantitative estimate of drug-likeness (QED) is 0.808. The minimum atomic E-state index is -3.58. The van der Waals surface area contributed by atoms with Crippen molar-refractivity contribution >= 4 is 15.9 Å². The molecule has 0 saturated carbocycles. The van der Waals surface area contributed by atoms with E-state index in [1.54, 1.807) is 24.3 Å². The molecule has 3 atom stereocenters. The number of piperidine rings is 1. The van der Waals surface area contributed by atoms with Gasteiger partial charge in [0.05, 0.1) is 17.1 Å². The summed E-state index contributed by atoms with van der Waals surface area (Å²) < 4.78 is 32.9. The number of ether oxygens (including phenoxy) is 1. The van der Waals surface area contributed by atoms with Crippen LogP contribution >= 0.6 is 0 Å². The largest absolute Gasteiger partial charge is 0.373 e. The molecule has 1 aromatic carbocycles. The number of morpholine rings is 1. The number of carbonyl (C=O) groups excluding carboxylic acids is 1. The number of benzene rings is 1. The smallest absolute Gasteiger partial charge is 0.254 e. The van der Waals surface area contributed by atoms with E-state index in [0.29, 0.717) is 18.7 Å². The van der Waals surface area contributed by atoms with Gasteiger partial charge < -0.3 is 9.64 Å². The fourth-order valence-corrected chi connectivity index (χ4v) is 5.40. The predicted molar refractivity (Wildman–Crippen MR) is 99.6 cm³/mol. The lowest BCUT2D eigenvalue weighted by atomic mass is 10.0. The topological polar surface area (TPSA) is 66.9 Å². The minimum Gasteiger partial charge on any atom is -0.373 e. The van der Waals surface area contributed by atoms with Crippen molar-refractivity contribution in [2.24, 2.45) is 0 Å². The summed E-state index contributed by atoms with van der Waals surface area (Å²) >= 11 is 0. The standard InChI is InChI=1S/C19H28N2O4S/c1-14-6-4-5-11-21(14)19(22)17-7-9-18(10-8-17)26(23,24)20-12-15(2)25-16(3)13-20/h7-10,14-16H,4-6,11-13H2,1-3H3/t14-,15-,16+/m1/s1. The summed E-state index contributed by atoms with van der Waals surface area (Å²) in [5.74, 6) is -0.0187. The van der Waals surface area contributed by atoms with E-state index < -0.39 is 10.0 Å². The molecule has 0 bridgehead atoms. The number of sulfonamides is 1. The van der Waals surface area contributed by atoms with Crippen LogP contribution in [0.3, 0.4) is 0 Å². The summed E-state index contributed by atoms with van der Waals surface area (Å²) in [4.78, 5) is 14.8. The second-order valence-corrected chi connectivity index (χ2v) is 9.39. The highest BCUT2D eigenvalue weighted by molar-refractivity contribution is 7.89. The van der Waals surface area contributed by atoms with Crippen molar-refractivity contribution in [3.05, 3.63) is 29.8 Å². The summed E-state index contributed by atoms with van der Waals surface area (Å²) in [6, 6.07) is 6.58. The summed E-state index contributed by atoms with van der Waals surface area (Å²) in [7, 11) is -3.58. The maximum Gasteiger partial charge on any atom is 0.254 e. The first-order chi connectivity index (χ1) is 12.3. The van der Waals surface area contributed by atoms with Crippen LogP contribution < -0.4 is 0 Å². The number of hydrogen-bond donors (Lipinski definition) is 0. The highest BCUT2D eigenvalue weighted by Crippen LogP contribution is 2.23. The van der Waals surface area contributed by atoms with E-state index in [1.165, 1.54) is 4.31 Å². The first-order valence-corrected chi connectivity index (χ1v) is 10.8. The van der Waals surface area contributed by atoms with Crippen LogP contribution in [0.1, 0.15) is 50.4 Å². The van der Waals surface area contributed by atoms with Gasteiger partial charge in [0.2, 0.25) is 10.0 Å². The van der Waals surface area contributed by atoms with Crippen molar-refractivity contribution < 1.29 is 17.9 Å². The second kappa shape index (κ2) is 7.66. The third-order valence-corrected chi connectivity index (χ3v) is 7.03. The van der Waals surface area contributed by atoms with Gasteiger partial charge in [-0.3, -0.25) is 4.79 Å². The number of nitrogens with zero attached hydrogens (tertiary/aromatic N) is 2. The molecule has 2 fully saturated rings. The molecule has 2 saturated heterocycles. The Hall–Kier alpha value is -1.44. The van der Waals surface area contributed by atoms with Gasteiger partial charge in [0.15, 0.2) is 0 Å². The Kier molecular flexibility index (Phi) is 5.69. The van der Waals surface area contributed by atoms with Crippen molar-refractivity contribution in [1.82, 2.24) is 9.21 Å². The van der Waals surface area contributed by atoms with E-state index in [9.17, 15) is 13.2 Å². The molecule has 2 heterocycles. The van der Waals surface area contributed by atoms with Gasteiger partial charge in [-0.1, -0.05) is 0 Å². The van der Waals surface area contributed by atoms with Gasteiger partial charge in [-0.25, -0.2) is 8.42 Å². The van der Waals surface area contributed by atoms with E-state index >= 15 is 0 Å². The van der Waals surface area contributed by atoms with Crippen LogP contribution in [0.2, 0.25) is 0 Å². The van der Waals surface area contributed by atoms with Crippen LogP contribution in [0.25, 0.3) is 0 Å². The molecule has 0 aliphatic carbocycles. The van der Waals surface area contributed by atoms with Gasteiger partial charge in [-0.2, -0.15) is 4.31 Å². The van der Waals surface area contributed by atoms with Crippen LogP contribution in [0.15, 0.2) is 29.2 Å². The van der Waals surface area contributed by atoms with Gasteiger partial charge >= 0.3 is 0 Å². The zero-order chi connectivity index (χ0) is 18.9. The Morgan fingerprint density at radius 2 is 1.65 bits per heavy atom. The van der Waals surface area contributed by atoms with Gasteiger partial charge in [0, 0.05) is 31.2 Å². The first-order valence-electron chi connectivity index (χ1n) is 9.35. The molecule has 2 aliphatic heterocycles. The molecule has 0 spiro atoms. The molecule has 2 aliphatic rings. The van der Waals surface area contributed by atoms with Crippen LogP contribution in [-0.2, 0) is 14.8 Å². The normalized spacial score (nSPS) is 28.1. The van der Waals surface area contributed by atoms with Gasteiger partial charge in [-0.05, 0) is 64.3 Å². The van der Waals surface area contributed by atoms with E-state index in [0.717, 1.165) is 25.8 Å². The lowest BCUT2D eigenvalue weighted by Gasteiger charge is -2.34. The lowest BCUT2D eigenvalue weighted by molar-refractivity contribution is -0.0440. The molecule has 1 amide bonds. The Labute approximate surface area is 156 Å². The fourth-order valence-electron chi connectivity index (χ4n) is 3.81. The maximum atomic E-state index is 12.9. The summed E-state index contributed by atoms with van der Waals surface area (Å²) in [6.45, 7) is 7.27. The molecule has 1 aromatic rings. The molecular weight excluding hydrogens is 352 g/mol. The Morgan fingerprint density at radius 3 is 2.23 bits per heavy atom. The SMILES string of the molecule is C[C@@H]1CN(S(=O)(=O)c2ccc(C(=O)N3CCCC[C@H]3C)cc2)C[C@H](C)O1. The van der Waals surface area contributed by atoms with Gasteiger partial charge in [-0.15, -0.1) is 0 Å². The third kappa shape index (κ3) is 3.94. The molecule has 0 radical (unpaired) electrons. The molecule has 3 rings (SSSR count). The predicted octanol–water partition coefficient (Wildman–Crippen LogP) is 2.50. The van der Waals surface area contributed by atoms with Gasteiger partial charge in [0.1, 0.15) is 0 Å². The van der Waals surface area contributed by atoms with E-state index in [1.807, 2.05) is 18.7 Å².